The van der Waals surface area contributed by atoms with Crippen LogP contribution < -0.4 is 5.32 Å². The van der Waals surface area contributed by atoms with E-state index in [0.29, 0.717) is 0 Å². The molecule has 0 spiro atoms. The number of rotatable bonds is 5. The summed E-state index contributed by atoms with van der Waals surface area (Å²) in [5.74, 6) is 0.0289. The van der Waals surface area contributed by atoms with Gasteiger partial charge in [0.05, 0.1) is 0 Å². The fourth-order valence-corrected chi connectivity index (χ4v) is 2.61. The van der Waals surface area contributed by atoms with E-state index < -0.39 is 0 Å². The van der Waals surface area contributed by atoms with Crippen LogP contribution in [0.3, 0.4) is 0 Å². The number of carbonyl (C=O) groups excluding carboxylic acids is 1. The molecular weight excluding hydrogens is 270 g/mol. The highest BCUT2D eigenvalue weighted by Gasteiger charge is 2.13. The molecule has 22 heavy (non-hydrogen) atoms. The van der Waals surface area contributed by atoms with Crippen LogP contribution in [0.5, 0.6) is 0 Å². The molecule has 0 aromatic heterocycles. The first kappa shape index (κ1) is 16.3. The number of aryl methyl sites for hydroxylation is 4. The van der Waals surface area contributed by atoms with Crippen LogP contribution in [0.15, 0.2) is 42.5 Å². The Balaban J connectivity index is 1.95. The van der Waals surface area contributed by atoms with E-state index >= 15 is 0 Å². The fourth-order valence-electron chi connectivity index (χ4n) is 2.61. The summed E-state index contributed by atoms with van der Waals surface area (Å²) in [4.78, 5) is 12.4. The van der Waals surface area contributed by atoms with Gasteiger partial charge in [0.1, 0.15) is 0 Å². The summed E-state index contributed by atoms with van der Waals surface area (Å²) in [6.45, 7) is 8.18. The number of hydrogen-bond acceptors (Lipinski definition) is 1. The van der Waals surface area contributed by atoms with Crippen LogP contribution in [-0.2, 0) is 6.42 Å². The molecule has 0 aliphatic rings. The van der Waals surface area contributed by atoms with Crippen molar-refractivity contribution in [3.05, 3.63) is 70.3 Å². The second-order valence-corrected chi connectivity index (χ2v) is 6.15. The van der Waals surface area contributed by atoms with E-state index in [0.717, 1.165) is 29.5 Å². The quantitative estimate of drug-likeness (QED) is 0.872. The summed E-state index contributed by atoms with van der Waals surface area (Å²) in [6.07, 6.45) is 1.92. The molecule has 2 nitrogen and oxygen atoms in total. The van der Waals surface area contributed by atoms with Crippen molar-refractivity contribution in [1.29, 1.82) is 0 Å². The maximum Gasteiger partial charge on any atom is 0.251 e. The Morgan fingerprint density at radius 3 is 2.32 bits per heavy atom. The number of carbonyl (C=O) groups is 1. The minimum atomic E-state index is 0.0289. The van der Waals surface area contributed by atoms with Gasteiger partial charge in [-0.2, -0.15) is 0 Å². The highest BCUT2D eigenvalue weighted by atomic mass is 16.1. The zero-order valence-electron chi connectivity index (χ0n) is 13.9. The maximum absolute atomic E-state index is 12.4. The van der Waals surface area contributed by atoms with E-state index in [4.69, 9.17) is 0 Å². The molecule has 1 unspecified atom stereocenters. The van der Waals surface area contributed by atoms with Crippen LogP contribution in [0, 0.1) is 20.8 Å². The molecule has 0 heterocycles. The number of hydrogen-bond donors (Lipinski definition) is 1. The second-order valence-electron chi connectivity index (χ2n) is 6.15. The van der Waals surface area contributed by atoms with Crippen LogP contribution in [-0.4, -0.2) is 11.9 Å². The smallest absolute Gasteiger partial charge is 0.251 e. The highest BCUT2D eigenvalue weighted by Crippen LogP contribution is 2.15. The molecule has 2 heteroatoms. The molecule has 1 amide bonds. The average Bonchev–Trinajstić information content (AvgIpc) is 2.50. The monoisotopic (exact) mass is 295 g/mol. The highest BCUT2D eigenvalue weighted by molar-refractivity contribution is 5.96. The Bertz CT molecular complexity index is 646. The molecule has 0 saturated heterocycles. The third-order valence-corrected chi connectivity index (χ3v) is 4.17. The lowest BCUT2D eigenvalue weighted by atomic mass is 10.00. The van der Waals surface area contributed by atoms with E-state index in [9.17, 15) is 4.79 Å². The van der Waals surface area contributed by atoms with E-state index in [1.165, 1.54) is 11.1 Å². The Morgan fingerprint density at radius 2 is 1.64 bits per heavy atom. The van der Waals surface area contributed by atoms with Crippen molar-refractivity contribution in [2.75, 3.05) is 0 Å². The van der Waals surface area contributed by atoms with Gasteiger partial charge in [-0.05, 0) is 68.9 Å². The van der Waals surface area contributed by atoms with Gasteiger partial charge in [-0.25, -0.2) is 0 Å². The average molecular weight is 295 g/mol. The van der Waals surface area contributed by atoms with Crippen molar-refractivity contribution < 1.29 is 4.79 Å². The van der Waals surface area contributed by atoms with Crippen LogP contribution in [0.25, 0.3) is 0 Å². The van der Waals surface area contributed by atoms with Gasteiger partial charge in [0.2, 0.25) is 0 Å². The van der Waals surface area contributed by atoms with E-state index in [-0.39, 0.29) is 11.9 Å². The molecule has 0 fully saturated rings. The summed E-state index contributed by atoms with van der Waals surface area (Å²) in [5.41, 5.74) is 5.52. The molecule has 1 N–H and O–H groups in total. The summed E-state index contributed by atoms with van der Waals surface area (Å²) < 4.78 is 0. The zero-order valence-corrected chi connectivity index (χ0v) is 13.9. The summed E-state index contributed by atoms with van der Waals surface area (Å²) >= 11 is 0. The summed E-state index contributed by atoms with van der Waals surface area (Å²) in [6, 6.07) is 14.6. The van der Waals surface area contributed by atoms with Crippen LogP contribution >= 0.6 is 0 Å². The minimum absolute atomic E-state index is 0.0289. The van der Waals surface area contributed by atoms with Crippen LogP contribution in [0.2, 0.25) is 0 Å². The van der Waals surface area contributed by atoms with Crippen LogP contribution in [0.4, 0.5) is 0 Å². The zero-order chi connectivity index (χ0) is 16.1. The largest absolute Gasteiger partial charge is 0.350 e. The number of amides is 1. The molecule has 0 radical (unpaired) electrons. The van der Waals surface area contributed by atoms with Gasteiger partial charge in [0, 0.05) is 11.6 Å². The van der Waals surface area contributed by atoms with Crippen molar-refractivity contribution in [2.24, 2.45) is 0 Å². The normalized spacial score (nSPS) is 12.0. The van der Waals surface area contributed by atoms with Gasteiger partial charge in [-0.15, -0.1) is 0 Å². The maximum atomic E-state index is 12.4. The van der Waals surface area contributed by atoms with Crippen LogP contribution in [0.1, 0.15) is 46.0 Å². The van der Waals surface area contributed by atoms with Crippen molar-refractivity contribution in [2.45, 2.75) is 46.6 Å². The first-order chi connectivity index (χ1) is 10.5. The predicted molar refractivity (Wildman–Crippen MR) is 92.3 cm³/mol. The van der Waals surface area contributed by atoms with E-state index in [1.54, 1.807) is 0 Å². The SMILES string of the molecule is Cc1cc(C)c(C(=O)NC(C)CCc2ccccc2)cc1C. The minimum Gasteiger partial charge on any atom is -0.350 e. The van der Waals surface area contributed by atoms with Gasteiger partial charge in [0.25, 0.3) is 5.91 Å². The Labute approximate surface area is 133 Å². The van der Waals surface area contributed by atoms with Gasteiger partial charge >= 0.3 is 0 Å². The first-order valence-corrected chi connectivity index (χ1v) is 7.90. The molecule has 0 aliphatic carbocycles. The molecule has 0 saturated carbocycles. The molecule has 2 aromatic carbocycles. The van der Waals surface area contributed by atoms with Crippen molar-refractivity contribution in [1.82, 2.24) is 5.32 Å². The molecule has 0 bridgehead atoms. The molecule has 1 atom stereocenters. The van der Waals surface area contributed by atoms with Gasteiger partial charge in [-0.1, -0.05) is 36.4 Å². The molecule has 2 aromatic rings. The lowest BCUT2D eigenvalue weighted by Crippen LogP contribution is -2.33. The lowest BCUT2D eigenvalue weighted by molar-refractivity contribution is 0.0937. The molecular formula is C20H25NO. The standard InChI is InChI=1S/C20H25NO/c1-14-12-16(3)19(13-15(14)2)20(22)21-17(4)10-11-18-8-6-5-7-9-18/h5-9,12-13,17H,10-11H2,1-4H3,(H,21,22). The lowest BCUT2D eigenvalue weighted by Gasteiger charge is -2.16. The molecule has 116 valence electrons. The fraction of sp³-hybridized carbons (Fsp3) is 0.350. The van der Waals surface area contributed by atoms with Crippen molar-refractivity contribution in [3.63, 3.8) is 0 Å². The first-order valence-electron chi connectivity index (χ1n) is 7.90. The summed E-state index contributed by atoms with van der Waals surface area (Å²) in [5, 5.41) is 3.11. The van der Waals surface area contributed by atoms with E-state index in [1.807, 2.05) is 26.0 Å². The topological polar surface area (TPSA) is 29.1 Å². The summed E-state index contributed by atoms with van der Waals surface area (Å²) in [7, 11) is 0. The Hall–Kier alpha value is -2.09. The third kappa shape index (κ3) is 4.20. The molecule has 0 aliphatic heterocycles. The Kier molecular flexibility index (Phi) is 5.37. The second kappa shape index (κ2) is 7.26. The number of nitrogens with one attached hydrogen (secondary N) is 1. The van der Waals surface area contributed by atoms with Gasteiger partial charge in [-0.3, -0.25) is 4.79 Å². The van der Waals surface area contributed by atoms with Crippen molar-refractivity contribution in [3.8, 4) is 0 Å². The van der Waals surface area contributed by atoms with E-state index in [2.05, 4.69) is 49.5 Å². The Morgan fingerprint density at radius 1 is 1.00 bits per heavy atom. The van der Waals surface area contributed by atoms with Gasteiger partial charge < -0.3 is 5.32 Å². The van der Waals surface area contributed by atoms with Crippen molar-refractivity contribution >= 4 is 5.91 Å². The third-order valence-electron chi connectivity index (χ3n) is 4.17. The van der Waals surface area contributed by atoms with Gasteiger partial charge in [0.15, 0.2) is 0 Å². The predicted octanol–water partition coefficient (Wildman–Crippen LogP) is 4.36. The number of benzene rings is 2. The molecule has 2 rings (SSSR count).